The molecule has 2 radical (unpaired) electrons. The van der Waals surface area contributed by atoms with E-state index in [4.69, 9.17) is 0 Å². The van der Waals surface area contributed by atoms with Gasteiger partial charge in [-0.2, -0.15) is 0 Å². The molecule has 1 aromatic rings. The minimum atomic E-state index is -0.596. The summed E-state index contributed by atoms with van der Waals surface area (Å²) in [5, 5.41) is 0. The molecule has 62 valence electrons. The fourth-order valence-electron chi connectivity index (χ4n) is 1.55. The lowest BCUT2D eigenvalue weighted by Crippen LogP contribution is -2.06. The normalized spacial score (nSPS) is 15.8. The summed E-state index contributed by atoms with van der Waals surface area (Å²) in [6, 6.07) is 3.42. The molecule has 0 fully saturated rings. The molecule has 0 N–H and O–H groups in total. The number of halogens is 2. The fourth-order valence-corrected chi connectivity index (χ4v) is 1.55. The second-order valence-corrected chi connectivity index (χ2v) is 2.97. The predicted molar refractivity (Wildman–Crippen MR) is 41.5 cm³/mol. The molecule has 2 rings (SSSR count). The summed E-state index contributed by atoms with van der Waals surface area (Å²) in [5.41, 5.74) is 1.41. The lowest BCUT2D eigenvalue weighted by Gasteiger charge is -2.15. The molecule has 0 saturated heterocycles. The van der Waals surface area contributed by atoms with Crippen LogP contribution in [0.4, 0.5) is 8.78 Å². The molecule has 0 aliphatic heterocycles. The van der Waals surface area contributed by atoms with Gasteiger partial charge in [0.05, 0.1) is 6.07 Å². The van der Waals surface area contributed by atoms with Crippen molar-refractivity contribution >= 4 is 0 Å². The van der Waals surface area contributed by atoms with Crippen LogP contribution in [0.2, 0.25) is 0 Å². The summed E-state index contributed by atoms with van der Waals surface area (Å²) >= 11 is 0. The lowest BCUT2D eigenvalue weighted by atomic mass is 9.91. The standard InChI is InChI=1S/C10H8F2/c11-8-5-7-3-1-2-4-9(7)10(12)6-8/h1,5H,2-4H2. The van der Waals surface area contributed by atoms with Crippen LogP contribution in [0, 0.1) is 24.1 Å². The minimum Gasteiger partial charge on any atom is -0.206 e. The second-order valence-electron chi connectivity index (χ2n) is 2.97. The zero-order chi connectivity index (χ0) is 8.55. The van der Waals surface area contributed by atoms with Crippen molar-refractivity contribution in [2.45, 2.75) is 19.3 Å². The Bertz CT molecular complexity index is 305. The first-order valence-electron chi connectivity index (χ1n) is 3.98. The highest BCUT2D eigenvalue weighted by atomic mass is 19.1. The zero-order valence-corrected chi connectivity index (χ0v) is 6.53. The Kier molecular flexibility index (Phi) is 1.83. The molecule has 12 heavy (non-hydrogen) atoms. The molecule has 0 saturated carbocycles. The van der Waals surface area contributed by atoms with Crippen molar-refractivity contribution in [3.63, 3.8) is 0 Å². The van der Waals surface area contributed by atoms with Gasteiger partial charge in [-0.1, -0.05) is 0 Å². The van der Waals surface area contributed by atoms with E-state index in [1.54, 1.807) is 0 Å². The van der Waals surface area contributed by atoms with Gasteiger partial charge >= 0.3 is 0 Å². The van der Waals surface area contributed by atoms with E-state index in [0.717, 1.165) is 12.0 Å². The molecule has 1 aliphatic rings. The van der Waals surface area contributed by atoms with Gasteiger partial charge in [0, 0.05) is 0 Å². The van der Waals surface area contributed by atoms with Crippen molar-refractivity contribution in [1.82, 2.24) is 0 Å². The van der Waals surface area contributed by atoms with Gasteiger partial charge in [0.2, 0.25) is 0 Å². The van der Waals surface area contributed by atoms with Crippen molar-refractivity contribution in [2.75, 3.05) is 0 Å². The third-order valence-corrected chi connectivity index (χ3v) is 2.15. The van der Waals surface area contributed by atoms with Gasteiger partial charge in [-0.25, -0.2) is 8.78 Å². The minimum absolute atomic E-state index is 0.516. The van der Waals surface area contributed by atoms with Gasteiger partial charge in [-0.3, -0.25) is 0 Å². The smallest absolute Gasteiger partial charge is 0.137 e. The van der Waals surface area contributed by atoms with E-state index in [2.05, 4.69) is 6.07 Å². The number of benzene rings is 1. The van der Waals surface area contributed by atoms with Crippen molar-refractivity contribution in [1.29, 1.82) is 0 Å². The Morgan fingerprint density at radius 1 is 1.33 bits per heavy atom. The summed E-state index contributed by atoms with van der Waals surface area (Å²) in [6.45, 7) is 0. The Hall–Kier alpha value is -0.920. The third-order valence-electron chi connectivity index (χ3n) is 2.15. The van der Waals surface area contributed by atoms with Crippen LogP contribution in [0.5, 0.6) is 0 Å². The topological polar surface area (TPSA) is 0 Å². The average Bonchev–Trinajstić information content (AvgIpc) is 2.04. The number of hydrogen-bond donors (Lipinski definition) is 0. The number of hydrogen-bond acceptors (Lipinski definition) is 0. The first-order chi connectivity index (χ1) is 5.77. The Balaban J connectivity index is 2.53. The van der Waals surface area contributed by atoms with Crippen LogP contribution in [0.15, 0.2) is 6.07 Å². The van der Waals surface area contributed by atoms with Crippen molar-refractivity contribution in [3.8, 4) is 0 Å². The summed E-state index contributed by atoms with van der Waals surface area (Å²) in [5.74, 6) is -1.11. The van der Waals surface area contributed by atoms with Crippen LogP contribution in [0.3, 0.4) is 0 Å². The molecule has 1 aromatic carbocycles. The maximum absolute atomic E-state index is 13.0. The highest BCUT2D eigenvalue weighted by Gasteiger charge is 2.14. The quantitative estimate of drug-likeness (QED) is 0.555. The summed E-state index contributed by atoms with van der Waals surface area (Å²) in [7, 11) is 0. The van der Waals surface area contributed by atoms with Crippen LogP contribution in [-0.4, -0.2) is 0 Å². The van der Waals surface area contributed by atoms with Gasteiger partial charge in [0.1, 0.15) is 11.6 Å². The maximum Gasteiger partial charge on any atom is 0.137 e. The molecule has 0 aromatic heterocycles. The van der Waals surface area contributed by atoms with Crippen LogP contribution >= 0.6 is 0 Å². The third kappa shape index (κ3) is 1.22. The molecule has 2 heteroatoms. The van der Waals surface area contributed by atoms with E-state index < -0.39 is 11.6 Å². The highest BCUT2D eigenvalue weighted by Crippen LogP contribution is 2.23. The Morgan fingerprint density at radius 3 is 3.00 bits per heavy atom. The molecule has 0 unspecified atom stereocenters. The molecule has 0 spiro atoms. The van der Waals surface area contributed by atoms with Crippen LogP contribution in [0.25, 0.3) is 0 Å². The summed E-state index contributed by atoms with van der Waals surface area (Å²) in [6.07, 6.45) is 4.28. The van der Waals surface area contributed by atoms with Crippen molar-refractivity contribution < 1.29 is 8.78 Å². The lowest BCUT2D eigenvalue weighted by molar-refractivity contribution is 0.558. The second kappa shape index (κ2) is 2.85. The molecule has 0 heterocycles. The SMILES string of the molecule is Fc1[c]c(F)c2c(c1)C[CH]CC2. The first kappa shape index (κ1) is 7.71. The van der Waals surface area contributed by atoms with Crippen LogP contribution in [-0.2, 0) is 12.8 Å². The van der Waals surface area contributed by atoms with E-state index in [9.17, 15) is 8.78 Å². The van der Waals surface area contributed by atoms with Crippen molar-refractivity contribution in [2.24, 2.45) is 0 Å². The molecule has 0 nitrogen and oxygen atoms in total. The summed E-state index contributed by atoms with van der Waals surface area (Å²) < 4.78 is 25.7. The number of rotatable bonds is 0. The predicted octanol–water partition coefficient (Wildman–Crippen LogP) is 2.46. The van der Waals surface area contributed by atoms with Gasteiger partial charge in [0.25, 0.3) is 0 Å². The van der Waals surface area contributed by atoms with Gasteiger partial charge < -0.3 is 0 Å². The zero-order valence-electron chi connectivity index (χ0n) is 6.53. The van der Waals surface area contributed by atoms with Gasteiger partial charge in [0.15, 0.2) is 0 Å². The monoisotopic (exact) mass is 166 g/mol. The Morgan fingerprint density at radius 2 is 2.17 bits per heavy atom. The number of fused-ring (bicyclic) bond motifs is 1. The van der Waals surface area contributed by atoms with E-state index in [-0.39, 0.29) is 0 Å². The highest BCUT2D eigenvalue weighted by molar-refractivity contribution is 5.32. The Labute approximate surface area is 70.2 Å². The molecular formula is C10H8F2. The van der Waals surface area contributed by atoms with Crippen molar-refractivity contribution in [3.05, 3.63) is 41.3 Å². The molecular weight excluding hydrogens is 158 g/mol. The molecule has 0 atom stereocenters. The molecule has 0 amide bonds. The van der Waals surface area contributed by atoms with E-state index in [0.29, 0.717) is 18.4 Å². The summed E-state index contributed by atoms with van der Waals surface area (Å²) in [4.78, 5) is 0. The van der Waals surface area contributed by atoms with Crippen LogP contribution < -0.4 is 0 Å². The molecule has 0 bridgehead atoms. The fraction of sp³-hybridized carbons (Fsp3) is 0.300. The largest absolute Gasteiger partial charge is 0.206 e. The van der Waals surface area contributed by atoms with Gasteiger partial charge in [-0.05, 0) is 42.9 Å². The van der Waals surface area contributed by atoms with Gasteiger partial charge in [-0.15, -0.1) is 0 Å². The molecule has 1 aliphatic carbocycles. The first-order valence-corrected chi connectivity index (χ1v) is 3.98. The average molecular weight is 166 g/mol. The van der Waals surface area contributed by atoms with E-state index in [1.165, 1.54) is 6.07 Å². The van der Waals surface area contributed by atoms with E-state index >= 15 is 0 Å². The van der Waals surface area contributed by atoms with E-state index in [1.807, 2.05) is 6.42 Å². The van der Waals surface area contributed by atoms with Crippen LogP contribution in [0.1, 0.15) is 17.5 Å². The maximum atomic E-state index is 13.0.